The Balaban J connectivity index is 1.42. The number of nitrogens with zero attached hydrogens (tertiary/aromatic N) is 2. The van der Waals surface area contributed by atoms with Crippen LogP contribution in [-0.4, -0.2) is 34.7 Å². The van der Waals surface area contributed by atoms with Crippen molar-refractivity contribution >= 4 is 57.2 Å². The molecule has 2 aliphatic heterocycles. The first kappa shape index (κ1) is 35.8. The second-order valence-corrected chi connectivity index (χ2v) is 17.0. The number of aryl methyl sites for hydroxylation is 2. The molecule has 7 heteroatoms. The van der Waals surface area contributed by atoms with Crippen molar-refractivity contribution in [1.29, 1.82) is 0 Å². The standard InChI is InChI=1S/C40H54N2O2S3/c1-5-7-9-11-13-15-17-19-27-41-37(33-24-22-30(4)46-33)35-36(40(41)44)38(34-26-25-32(47-34)31-23-21-29(3)45-31)42(39(35)43)28-20-18-16-14-12-10-8-6-2/h21-26H,5-20,27-28H2,1-4H3. The molecule has 2 amide bonds. The highest BCUT2D eigenvalue weighted by Crippen LogP contribution is 2.49. The van der Waals surface area contributed by atoms with Crippen LogP contribution in [0.15, 0.2) is 47.5 Å². The third-order valence-corrected chi connectivity index (χ3v) is 12.7. The summed E-state index contributed by atoms with van der Waals surface area (Å²) in [6.07, 6.45) is 19.5. The number of hydrogen-bond acceptors (Lipinski definition) is 5. The molecule has 0 spiro atoms. The lowest BCUT2D eigenvalue weighted by molar-refractivity contribution is -0.124. The van der Waals surface area contributed by atoms with Gasteiger partial charge in [-0.05, 0) is 63.1 Å². The summed E-state index contributed by atoms with van der Waals surface area (Å²) in [6.45, 7) is 10.1. The van der Waals surface area contributed by atoms with E-state index >= 15 is 0 Å². The van der Waals surface area contributed by atoms with Crippen LogP contribution in [0, 0.1) is 13.8 Å². The van der Waals surface area contributed by atoms with Crippen LogP contribution in [0.2, 0.25) is 0 Å². The number of hydrogen-bond donors (Lipinski definition) is 0. The van der Waals surface area contributed by atoms with E-state index in [4.69, 9.17) is 0 Å². The Morgan fingerprint density at radius 2 is 0.787 bits per heavy atom. The maximum absolute atomic E-state index is 14.5. The first-order chi connectivity index (χ1) is 22.9. The zero-order valence-electron chi connectivity index (χ0n) is 29.1. The molecule has 254 valence electrons. The zero-order valence-corrected chi connectivity index (χ0v) is 31.6. The van der Waals surface area contributed by atoms with Crippen molar-refractivity contribution in [2.75, 3.05) is 13.1 Å². The normalized spacial score (nSPS) is 14.9. The zero-order chi connectivity index (χ0) is 33.2. The summed E-state index contributed by atoms with van der Waals surface area (Å²) in [6, 6.07) is 12.9. The number of thiophene rings is 3. The third-order valence-electron chi connectivity index (χ3n) is 9.45. The molecule has 0 bridgehead atoms. The Labute approximate surface area is 295 Å². The molecule has 0 saturated heterocycles. The lowest BCUT2D eigenvalue weighted by atomic mass is 10.1. The molecule has 3 aromatic heterocycles. The van der Waals surface area contributed by atoms with Crippen LogP contribution in [0.25, 0.3) is 21.1 Å². The van der Waals surface area contributed by atoms with Crippen molar-refractivity contribution in [2.45, 2.75) is 130 Å². The Kier molecular flexibility index (Phi) is 13.6. The van der Waals surface area contributed by atoms with Gasteiger partial charge < -0.3 is 9.80 Å². The third kappa shape index (κ3) is 8.76. The van der Waals surface area contributed by atoms with E-state index in [9.17, 15) is 9.59 Å². The molecular formula is C40H54N2O2S3. The van der Waals surface area contributed by atoms with Gasteiger partial charge in [-0.15, -0.1) is 34.0 Å². The minimum Gasteiger partial charge on any atom is -0.306 e. The largest absolute Gasteiger partial charge is 0.306 e. The molecule has 0 radical (unpaired) electrons. The van der Waals surface area contributed by atoms with Gasteiger partial charge in [0.05, 0.1) is 32.3 Å². The SMILES string of the molecule is CCCCCCCCCCN1C(=O)C2=C(c3ccc(-c4ccc(C)s4)s3)N(CCCCCCCCCC)C(=O)C2=C1c1ccc(C)s1. The Hall–Kier alpha value is -2.48. The summed E-state index contributed by atoms with van der Waals surface area (Å²) in [5.41, 5.74) is 2.95. The highest BCUT2D eigenvalue weighted by Gasteiger charge is 2.49. The fourth-order valence-corrected chi connectivity index (χ4v) is 9.82. The average Bonchev–Trinajstić information content (AvgIpc) is 3.89. The van der Waals surface area contributed by atoms with E-state index in [1.165, 1.54) is 96.6 Å². The van der Waals surface area contributed by atoms with Crippen LogP contribution in [0.1, 0.15) is 136 Å². The van der Waals surface area contributed by atoms with Crippen molar-refractivity contribution in [3.8, 4) is 9.75 Å². The monoisotopic (exact) mass is 690 g/mol. The van der Waals surface area contributed by atoms with Gasteiger partial charge in [0, 0.05) is 32.6 Å². The quantitative estimate of drug-likeness (QED) is 0.104. The molecule has 5 heterocycles. The first-order valence-electron chi connectivity index (χ1n) is 18.3. The smallest absolute Gasteiger partial charge is 0.261 e. The number of rotatable bonds is 21. The van der Waals surface area contributed by atoms with Gasteiger partial charge >= 0.3 is 0 Å². The van der Waals surface area contributed by atoms with Crippen molar-refractivity contribution in [3.63, 3.8) is 0 Å². The van der Waals surface area contributed by atoms with Crippen LogP contribution >= 0.6 is 34.0 Å². The maximum Gasteiger partial charge on any atom is 0.261 e. The topological polar surface area (TPSA) is 40.6 Å². The van der Waals surface area contributed by atoms with E-state index in [1.54, 1.807) is 34.0 Å². The van der Waals surface area contributed by atoms with Crippen LogP contribution < -0.4 is 0 Å². The average molecular weight is 691 g/mol. The van der Waals surface area contributed by atoms with Gasteiger partial charge in [0.2, 0.25) is 0 Å². The van der Waals surface area contributed by atoms with E-state index in [2.05, 4.69) is 64.1 Å². The van der Waals surface area contributed by atoms with Gasteiger partial charge in [0.25, 0.3) is 11.8 Å². The molecule has 0 N–H and O–H groups in total. The molecule has 4 nitrogen and oxygen atoms in total. The number of fused-ring (bicyclic) bond motifs is 1. The molecule has 0 atom stereocenters. The molecule has 0 aromatic carbocycles. The van der Waals surface area contributed by atoms with Crippen LogP contribution in [0.5, 0.6) is 0 Å². The van der Waals surface area contributed by atoms with E-state index < -0.39 is 0 Å². The predicted octanol–water partition coefficient (Wildman–Crippen LogP) is 12.2. The minimum atomic E-state index is 0.00712. The Bertz CT molecular complexity index is 1550. The lowest BCUT2D eigenvalue weighted by Crippen LogP contribution is -2.30. The van der Waals surface area contributed by atoms with Crippen LogP contribution in [0.4, 0.5) is 0 Å². The second kappa shape index (κ2) is 17.8. The molecule has 3 aromatic rings. The second-order valence-electron chi connectivity index (χ2n) is 13.3. The summed E-state index contributed by atoms with van der Waals surface area (Å²) in [7, 11) is 0. The maximum atomic E-state index is 14.5. The molecule has 47 heavy (non-hydrogen) atoms. The predicted molar refractivity (Wildman–Crippen MR) is 204 cm³/mol. The highest BCUT2D eigenvalue weighted by atomic mass is 32.1. The Morgan fingerprint density at radius 3 is 1.21 bits per heavy atom. The fourth-order valence-electron chi connectivity index (χ4n) is 6.87. The van der Waals surface area contributed by atoms with Gasteiger partial charge in [-0.2, -0.15) is 0 Å². The van der Waals surface area contributed by atoms with Crippen LogP contribution in [0.3, 0.4) is 0 Å². The van der Waals surface area contributed by atoms with Gasteiger partial charge in [0.1, 0.15) is 0 Å². The molecule has 5 rings (SSSR count). The van der Waals surface area contributed by atoms with Crippen molar-refractivity contribution in [1.82, 2.24) is 9.80 Å². The molecular weight excluding hydrogens is 637 g/mol. The summed E-state index contributed by atoms with van der Waals surface area (Å²) < 4.78 is 0. The summed E-state index contributed by atoms with van der Waals surface area (Å²) >= 11 is 5.19. The highest BCUT2D eigenvalue weighted by molar-refractivity contribution is 7.22. The van der Waals surface area contributed by atoms with Crippen molar-refractivity contribution in [2.24, 2.45) is 0 Å². The van der Waals surface area contributed by atoms with Gasteiger partial charge in [-0.1, -0.05) is 104 Å². The summed E-state index contributed by atoms with van der Waals surface area (Å²) in [5, 5.41) is 0. The van der Waals surface area contributed by atoms with E-state index in [1.807, 2.05) is 9.80 Å². The molecule has 0 unspecified atom stereocenters. The lowest BCUT2D eigenvalue weighted by Gasteiger charge is -2.24. The van der Waals surface area contributed by atoms with E-state index in [0.717, 1.165) is 46.8 Å². The van der Waals surface area contributed by atoms with Crippen LogP contribution in [-0.2, 0) is 9.59 Å². The number of carbonyl (C=O) groups excluding carboxylic acids is 2. The van der Waals surface area contributed by atoms with E-state index in [-0.39, 0.29) is 11.8 Å². The number of unbranched alkanes of at least 4 members (excludes halogenated alkanes) is 14. The van der Waals surface area contributed by atoms with Gasteiger partial charge in [0.15, 0.2) is 0 Å². The Morgan fingerprint density at radius 1 is 0.447 bits per heavy atom. The molecule has 0 saturated carbocycles. The molecule has 0 fully saturated rings. The van der Waals surface area contributed by atoms with Gasteiger partial charge in [-0.25, -0.2) is 0 Å². The first-order valence-corrected chi connectivity index (χ1v) is 20.8. The van der Waals surface area contributed by atoms with Crippen molar-refractivity contribution in [3.05, 3.63) is 67.1 Å². The van der Waals surface area contributed by atoms with E-state index in [0.29, 0.717) is 24.2 Å². The molecule has 2 aliphatic rings. The van der Waals surface area contributed by atoms with Gasteiger partial charge in [-0.3, -0.25) is 9.59 Å². The summed E-state index contributed by atoms with van der Waals surface area (Å²) in [4.78, 5) is 39.9. The molecule has 0 aliphatic carbocycles. The van der Waals surface area contributed by atoms with Crippen molar-refractivity contribution < 1.29 is 9.59 Å². The number of amides is 2. The minimum absolute atomic E-state index is 0.00712. The summed E-state index contributed by atoms with van der Waals surface area (Å²) in [5.74, 6) is 0.0142. The fraction of sp³-hybridized carbons (Fsp3) is 0.550. The number of carbonyl (C=O) groups is 2.